The number of carbonyl (C=O) groups is 1. The first-order chi connectivity index (χ1) is 20.6. The van der Waals surface area contributed by atoms with Gasteiger partial charge in [-0.05, 0) is 60.5 Å². The van der Waals surface area contributed by atoms with Crippen molar-refractivity contribution in [2.75, 3.05) is 33.2 Å². The zero-order valence-electron chi connectivity index (χ0n) is 24.2. The lowest BCUT2D eigenvalue weighted by molar-refractivity contribution is -0.136. The molecule has 0 N–H and O–H groups in total. The highest BCUT2D eigenvalue weighted by Gasteiger charge is 2.33. The van der Waals surface area contributed by atoms with E-state index in [9.17, 15) is 18.4 Å². The van der Waals surface area contributed by atoms with Crippen molar-refractivity contribution in [2.24, 2.45) is 4.99 Å². The SMILES string of the molecule is COC(=O)C1=C(C)N=c2s/c(=C/c3ccc(OC)c(COc4ccc(F)cc4F)c3)c(=O)n2C1c1ccc(N(C)C)cc1. The third kappa shape index (κ3) is 5.94. The number of carbonyl (C=O) groups excluding carboxylic acids is 1. The second-order valence-corrected chi connectivity index (χ2v) is 11.0. The van der Waals surface area contributed by atoms with Gasteiger partial charge in [0.2, 0.25) is 0 Å². The zero-order valence-corrected chi connectivity index (χ0v) is 25.0. The summed E-state index contributed by atoms with van der Waals surface area (Å²) < 4.78 is 45.4. The molecule has 2 heterocycles. The van der Waals surface area contributed by atoms with Gasteiger partial charge in [-0.1, -0.05) is 29.5 Å². The molecule has 0 fully saturated rings. The van der Waals surface area contributed by atoms with Gasteiger partial charge in [-0.15, -0.1) is 0 Å². The van der Waals surface area contributed by atoms with Crippen molar-refractivity contribution >= 4 is 29.1 Å². The van der Waals surface area contributed by atoms with Gasteiger partial charge in [-0.3, -0.25) is 9.36 Å². The van der Waals surface area contributed by atoms with E-state index < -0.39 is 23.6 Å². The lowest BCUT2D eigenvalue weighted by atomic mass is 9.95. The van der Waals surface area contributed by atoms with E-state index in [1.165, 1.54) is 36.2 Å². The summed E-state index contributed by atoms with van der Waals surface area (Å²) in [6, 6.07) is 15.2. The van der Waals surface area contributed by atoms with Gasteiger partial charge >= 0.3 is 5.97 Å². The molecule has 0 spiro atoms. The van der Waals surface area contributed by atoms with Crippen molar-refractivity contribution < 1.29 is 27.8 Å². The van der Waals surface area contributed by atoms with Crippen LogP contribution in [0.15, 0.2) is 81.7 Å². The van der Waals surface area contributed by atoms with E-state index in [0.29, 0.717) is 31.9 Å². The highest BCUT2D eigenvalue weighted by Crippen LogP contribution is 2.31. The van der Waals surface area contributed by atoms with Gasteiger partial charge in [-0.2, -0.15) is 0 Å². The second-order valence-electron chi connectivity index (χ2n) is 9.99. The molecule has 1 unspecified atom stereocenters. The fourth-order valence-corrected chi connectivity index (χ4v) is 5.91. The van der Waals surface area contributed by atoms with Crippen LogP contribution >= 0.6 is 11.3 Å². The highest BCUT2D eigenvalue weighted by molar-refractivity contribution is 7.07. The molecule has 5 rings (SSSR count). The number of hydrogen-bond donors (Lipinski definition) is 0. The maximum Gasteiger partial charge on any atom is 0.338 e. The van der Waals surface area contributed by atoms with Gasteiger partial charge in [0.1, 0.15) is 18.2 Å². The minimum atomic E-state index is -0.816. The largest absolute Gasteiger partial charge is 0.496 e. The molecule has 1 aromatic heterocycles. The molecule has 43 heavy (non-hydrogen) atoms. The molecule has 3 aromatic carbocycles. The van der Waals surface area contributed by atoms with Crippen LogP contribution in [0.2, 0.25) is 0 Å². The van der Waals surface area contributed by atoms with Gasteiger partial charge in [-0.25, -0.2) is 18.6 Å². The summed E-state index contributed by atoms with van der Waals surface area (Å²) >= 11 is 1.20. The molecule has 1 aliphatic heterocycles. The molecule has 0 saturated heterocycles. The molecule has 0 radical (unpaired) electrons. The van der Waals surface area contributed by atoms with Gasteiger partial charge in [0.15, 0.2) is 16.4 Å². The molecule has 1 aliphatic rings. The van der Waals surface area contributed by atoms with Crippen molar-refractivity contribution in [2.45, 2.75) is 19.6 Å². The summed E-state index contributed by atoms with van der Waals surface area (Å²) in [6.07, 6.45) is 1.72. The maximum atomic E-state index is 14.1. The zero-order chi connectivity index (χ0) is 30.8. The molecule has 0 amide bonds. The van der Waals surface area contributed by atoms with Crippen LogP contribution in [0.5, 0.6) is 11.5 Å². The van der Waals surface area contributed by atoms with Crippen LogP contribution in [0.4, 0.5) is 14.5 Å². The van der Waals surface area contributed by atoms with E-state index in [4.69, 9.17) is 14.2 Å². The minimum absolute atomic E-state index is 0.0563. The predicted molar refractivity (Wildman–Crippen MR) is 160 cm³/mol. The molecular formula is C32H29F2N3O5S. The number of esters is 1. The van der Waals surface area contributed by atoms with Gasteiger partial charge < -0.3 is 19.1 Å². The van der Waals surface area contributed by atoms with Crippen LogP contribution in [0.3, 0.4) is 0 Å². The Hall–Kier alpha value is -4.77. The molecule has 1 atom stereocenters. The number of nitrogens with zero attached hydrogens (tertiary/aromatic N) is 3. The maximum absolute atomic E-state index is 14.1. The van der Waals surface area contributed by atoms with Crippen LogP contribution in [0.1, 0.15) is 29.7 Å². The van der Waals surface area contributed by atoms with Crippen LogP contribution < -0.4 is 29.3 Å². The van der Waals surface area contributed by atoms with Gasteiger partial charge in [0, 0.05) is 31.4 Å². The smallest absolute Gasteiger partial charge is 0.338 e. The molecule has 0 aliphatic carbocycles. The lowest BCUT2D eigenvalue weighted by Gasteiger charge is -2.25. The van der Waals surface area contributed by atoms with Gasteiger partial charge in [0.05, 0.1) is 36.1 Å². The topological polar surface area (TPSA) is 82.4 Å². The fourth-order valence-electron chi connectivity index (χ4n) is 4.86. The lowest BCUT2D eigenvalue weighted by Crippen LogP contribution is -2.39. The van der Waals surface area contributed by atoms with Crippen LogP contribution in [0.25, 0.3) is 6.08 Å². The van der Waals surface area contributed by atoms with E-state index in [1.807, 2.05) is 43.3 Å². The summed E-state index contributed by atoms with van der Waals surface area (Å²) in [5.41, 5.74) is 3.41. The summed E-state index contributed by atoms with van der Waals surface area (Å²) in [7, 11) is 6.66. The molecule has 222 valence electrons. The standard InChI is InChI=1S/C32H29F2N3O5S/c1-18-28(31(39)41-5)29(20-7-10-23(11-8-20)36(2)3)37-30(38)27(43-32(37)35-18)15-19-6-12-25(40-4)21(14-19)17-42-26-13-9-22(33)16-24(26)34/h6-16,29H,17H2,1-5H3/b27-15+. The minimum Gasteiger partial charge on any atom is -0.496 e. The Morgan fingerprint density at radius 3 is 2.42 bits per heavy atom. The Bertz CT molecular complexity index is 1910. The molecular weight excluding hydrogens is 576 g/mol. The number of methoxy groups -OCH3 is 2. The molecule has 0 saturated carbocycles. The summed E-state index contributed by atoms with van der Waals surface area (Å²) in [4.78, 5) is 33.8. The normalized spacial score (nSPS) is 14.7. The average molecular weight is 606 g/mol. The van der Waals surface area contributed by atoms with Crippen LogP contribution in [-0.2, 0) is 16.1 Å². The number of thiazole rings is 1. The average Bonchev–Trinajstić information content (AvgIpc) is 3.29. The van der Waals surface area contributed by atoms with E-state index in [1.54, 1.807) is 31.2 Å². The number of anilines is 1. The number of aromatic nitrogens is 1. The Labute approximate surface area is 250 Å². The third-order valence-corrected chi connectivity index (χ3v) is 8.01. The number of rotatable bonds is 8. The van der Waals surface area contributed by atoms with E-state index >= 15 is 0 Å². The van der Waals surface area contributed by atoms with E-state index in [2.05, 4.69) is 4.99 Å². The number of benzene rings is 3. The number of allylic oxidation sites excluding steroid dienone is 1. The Kier molecular flexibility index (Phi) is 8.45. The Morgan fingerprint density at radius 1 is 1.05 bits per heavy atom. The number of fused-ring (bicyclic) bond motifs is 1. The van der Waals surface area contributed by atoms with Crippen molar-refractivity contribution in [3.8, 4) is 11.5 Å². The first-order valence-corrected chi connectivity index (χ1v) is 14.1. The van der Waals surface area contributed by atoms with Crippen molar-refractivity contribution in [1.29, 1.82) is 0 Å². The number of halogens is 2. The van der Waals surface area contributed by atoms with E-state index in [0.717, 1.165) is 23.4 Å². The Balaban J connectivity index is 1.57. The molecule has 11 heteroatoms. The summed E-state index contributed by atoms with van der Waals surface area (Å²) in [5, 5.41) is 0. The second kappa shape index (κ2) is 12.2. The van der Waals surface area contributed by atoms with E-state index in [-0.39, 0.29) is 23.5 Å². The number of hydrogen-bond acceptors (Lipinski definition) is 8. The van der Waals surface area contributed by atoms with Crippen molar-refractivity contribution in [3.63, 3.8) is 0 Å². The first-order valence-electron chi connectivity index (χ1n) is 13.2. The third-order valence-electron chi connectivity index (χ3n) is 7.03. The van der Waals surface area contributed by atoms with Crippen molar-refractivity contribution in [3.05, 3.63) is 120 Å². The van der Waals surface area contributed by atoms with Gasteiger partial charge in [0.25, 0.3) is 5.56 Å². The number of ether oxygens (including phenoxy) is 3. The molecule has 0 bridgehead atoms. The van der Waals surface area contributed by atoms with Crippen LogP contribution in [0, 0.1) is 11.6 Å². The first kappa shape index (κ1) is 29.7. The highest BCUT2D eigenvalue weighted by atomic mass is 32.1. The predicted octanol–water partition coefficient (Wildman–Crippen LogP) is 4.34. The quantitative estimate of drug-likeness (QED) is 0.278. The molecule has 4 aromatic rings. The van der Waals surface area contributed by atoms with Crippen LogP contribution in [-0.4, -0.2) is 38.9 Å². The summed E-state index contributed by atoms with van der Waals surface area (Å²) in [5.74, 6) is -1.68. The summed E-state index contributed by atoms with van der Waals surface area (Å²) in [6.45, 7) is 1.67. The van der Waals surface area contributed by atoms with Crippen molar-refractivity contribution in [1.82, 2.24) is 4.57 Å². The monoisotopic (exact) mass is 605 g/mol. The fraction of sp³-hybridized carbons (Fsp3) is 0.219. The molecule has 8 nitrogen and oxygen atoms in total. The Morgan fingerprint density at radius 2 is 1.77 bits per heavy atom.